The lowest BCUT2D eigenvalue weighted by Gasteiger charge is -2.22. The number of aryl methyl sites for hydroxylation is 2. The van der Waals surface area contributed by atoms with Crippen molar-refractivity contribution in [2.45, 2.75) is 25.2 Å². The highest BCUT2D eigenvalue weighted by atomic mass is 32.2. The van der Waals surface area contributed by atoms with Gasteiger partial charge in [0.05, 0.1) is 19.2 Å². The third-order valence-electron chi connectivity index (χ3n) is 3.79. The zero-order valence-electron chi connectivity index (χ0n) is 14.6. The van der Waals surface area contributed by atoms with Crippen molar-refractivity contribution in [3.8, 4) is 5.75 Å². The number of aliphatic carboxylic acids is 1. The molecule has 0 radical (unpaired) electrons. The van der Waals surface area contributed by atoms with Crippen LogP contribution in [0.2, 0.25) is 0 Å². The third-order valence-corrected chi connectivity index (χ3v) is 5.60. The van der Waals surface area contributed by atoms with Gasteiger partial charge in [-0.15, -0.1) is 0 Å². The van der Waals surface area contributed by atoms with Crippen LogP contribution in [0, 0.1) is 13.8 Å². The third kappa shape index (κ3) is 4.11. The molecule has 0 amide bonds. The van der Waals surface area contributed by atoms with Gasteiger partial charge in [-0.05, 0) is 54.8 Å². The Bertz CT molecular complexity index is 885. The molecule has 0 fully saturated rings. The monoisotopic (exact) mass is 363 g/mol. The predicted molar refractivity (Wildman–Crippen MR) is 95.8 cm³/mol. The lowest BCUT2D eigenvalue weighted by atomic mass is 10.1. The molecule has 0 aliphatic carbocycles. The second-order valence-corrected chi connectivity index (χ2v) is 7.81. The average molecular weight is 363 g/mol. The predicted octanol–water partition coefficient (Wildman–Crippen LogP) is 2.76. The number of carboxylic acid groups (broad SMARTS) is 1. The van der Waals surface area contributed by atoms with Gasteiger partial charge in [0, 0.05) is 7.05 Å². The zero-order valence-corrected chi connectivity index (χ0v) is 15.4. The fourth-order valence-electron chi connectivity index (χ4n) is 2.63. The van der Waals surface area contributed by atoms with Crippen molar-refractivity contribution < 1.29 is 23.1 Å². The zero-order chi connectivity index (χ0) is 18.8. The minimum absolute atomic E-state index is 0.0598. The average Bonchev–Trinajstić information content (AvgIpc) is 2.52. The second-order valence-electron chi connectivity index (χ2n) is 5.87. The number of rotatable bonds is 6. The molecule has 0 aliphatic heterocycles. The molecule has 0 saturated heterocycles. The number of hydrogen-bond donors (Lipinski definition) is 1. The molecule has 0 heterocycles. The Morgan fingerprint density at radius 1 is 1.12 bits per heavy atom. The van der Waals surface area contributed by atoms with E-state index in [1.807, 2.05) is 19.9 Å². The molecule has 0 aliphatic rings. The summed E-state index contributed by atoms with van der Waals surface area (Å²) in [5.74, 6) is -0.860. The largest absolute Gasteiger partial charge is 0.495 e. The number of benzene rings is 2. The number of sulfonamides is 1. The summed E-state index contributed by atoms with van der Waals surface area (Å²) in [6, 6.07) is 9.87. The summed E-state index contributed by atoms with van der Waals surface area (Å²) in [5, 5.41) is 8.94. The van der Waals surface area contributed by atoms with Crippen LogP contribution in [-0.4, -0.2) is 33.7 Å². The lowest BCUT2D eigenvalue weighted by Crippen LogP contribution is -2.27. The highest BCUT2D eigenvalue weighted by Crippen LogP contribution is 2.31. The van der Waals surface area contributed by atoms with Crippen molar-refractivity contribution in [3.63, 3.8) is 0 Å². The summed E-state index contributed by atoms with van der Waals surface area (Å²) in [6.45, 7) is 3.79. The minimum Gasteiger partial charge on any atom is -0.495 e. The molecule has 2 aromatic rings. The van der Waals surface area contributed by atoms with Gasteiger partial charge in [0.15, 0.2) is 0 Å². The van der Waals surface area contributed by atoms with E-state index in [-0.39, 0.29) is 17.1 Å². The molecule has 134 valence electrons. The number of hydrogen-bond acceptors (Lipinski definition) is 4. The highest BCUT2D eigenvalue weighted by Gasteiger charge is 2.26. The molecule has 1 N–H and O–H groups in total. The van der Waals surface area contributed by atoms with Gasteiger partial charge in [0.2, 0.25) is 0 Å². The van der Waals surface area contributed by atoms with Crippen LogP contribution in [0.3, 0.4) is 0 Å². The van der Waals surface area contributed by atoms with E-state index in [1.54, 1.807) is 18.2 Å². The minimum atomic E-state index is -3.91. The first-order valence-corrected chi connectivity index (χ1v) is 9.05. The van der Waals surface area contributed by atoms with E-state index >= 15 is 0 Å². The first-order valence-electron chi connectivity index (χ1n) is 7.61. The van der Waals surface area contributed by atoms with E-state index in [0.717, 1.165) is 11.1 Å². The van der Waals surface area contributed by atoms with Crippen LogP contribution in [0.4, 0.5) is 5.69 Å². The maximum atomic E-state index is 13.1. The SMILES string of the molecule is COc1ccc(CC(=O)O)cc1S(=O)(=O)N(C)c1cc(C)cc(C)c1. The second kappa shape index (κ2) is 7.14. The first-order chi connectivity index (χ1) is 11.6. The van der Waals surface area contributed by atoms with Crippen molar-refractivity contribution in [2.75, 3.05) is 18.5 Å². The summed E-state index contributed by atoms with van der Waals surface area (Å²) in [4.78, 5) is 10.9. The van der Waals surface area contributed by atoms with Crippen LogP contribution in [0.5, 0.6) is 5.75 Å². The van der Waals surface area contributed by atoms with Crippen molar-refractivity contribution in [1.29, 1.82) is 0 Å². The Morgan fingerprint density at radius 2 is 1.72 bits per heavy atom. The molecule has 7 heteroatoms. The van der Waals surface area contributed by atoms with Gasteiger partial charge in [-0.2, -0.15) is 0 Å². The fourth-order valence-corrected chi connectivity index (χ4v) is 4.01. The maximum absolute atomic E-state index is 13.1. The normalized spacial score (nSPS) is 11.2. The quantitative estimate of drug-likeness (QED) is 0.853. The Balaban J connectivity index is 2.55. The van der Waals surface area contributed by atoms with Gasteiger partial charge in [-0.25, -0.2) is 8.42 Å². The number of methoxy groups -OCH3 is 1. The molecule has 25 heavy (non-hydrogen) atoms. The number of anilines is 1. The van der Waals surface area contributed by atoms with E-state index in [4.69, 9.17) is 9.84 Å². The molecular weight excluding hydrogens is 342 g/mol. The molecule has 6 nitrogen and oxygen atoms in total. The van der Waals surface area contributed by atoms with E-state index in [0.29, 0.717) is 11.3 Å². The molecular formula is C18H21NO5S. The molecule has 0 spiro atoms. The summed E-state index contributed by atoms with van der Waals surface area (Å²) < 4.78 is 32.5. The van der Waals surface area contributed by atoms with E-state index < -0.39 is 16.0 Å². The number of carboxylic acids is 1. The van der Waals surface area contributed by atoms with Crippen LogP contribution in [-0.2, 0) is 21.2 Å². The Labute approximate surface area is 147 Å². The van der Waals surface area contributed by atoms with Crippen LogP contribution < -0.4 is 9.04 Å². The van der Waals surface area contributed by atoms with Gasteiger partial charge < -0.3 is 9.84 Å². The lowest BCUT2D eigenvalue weighted by molar-refractivity contribution is -0.136. The van der Waals surface area contributed by atoms with Crippen LogP contribution in [0.15, 0.2) is 41.3 Å². The van der Waals surface area contributed by atoms with Crippen molar-refractivity contribution in [1.82, 2.24) is 0 Å². The standard InChI is InChI=1S/C18H21NO5S/c1-12-7-13(2)9-15(8-12)19(3)25(22,23)17-10-14(11-18(20)21)5-6-16(17)24-4/h5-10H,11H2,1-4H3,(H,20,21). The fraction of sp³-hybridized carbons (Fsp3) is 0.278. The molecule has 0 atom stereocenters. The summed E-state index contributed by atoms with van der Waals surface area (Å²) in [6.07, 6.45) is -0.264. The van der Waals surface area contributed by atoms with Crippen molar-refractivity contribution >= 4 is 21.7 Å². The van der Waals surface area contributed by atoms with E-state index in [2.05, 4.69) is 0 Å². The van der Waals surface area contributed by atoms with E-state index in [1.165, 1.54) is 30.6 Å². The van der Waals surface area contributed by atoms with Crippen molar-refractivity contribution in [3.05, 3.63) is 53.1 Å². The summed E-state index contributed by atoms with van der Waals surface area (Å²) >= 11 is 0. The molecule has 0 aromatic heterocycles. The summed E-state index contributed by atoms with van der Waals surface area (Å²) in [5.41, 5.74) is 2.82. The number of ether oxygens (including phenoxy) is 1. The number of carbonyl (C=O) groups is 1. The first kappa shape index (κ1) is 18.8. The smallest absolute Gasteiger partial charge is 0.307 e. The Hall–Kier alpha value is -2.54. The van der Waals surface area contributed by atoms with Gasteiger partial charge >= 0.3 is 5.97 Å². The van der Waals surface area contributed by atoms with Gasteiger partial charge in [-0.1, -0.05) is 12.1 Å². The van der Waals surface area contributed by atoms with Crippen LogP contribution in [0.25, 0.3) is 0 Å². The van der Waals surface area contributed by atoms with Gasteiger partial charge in [-0.3, -0.25) is 9.10 Å². The van der Waals surface area contributed by atoms with Gasteiger partial charge in [0.1, 0.15) is 10.6 Å². The molecule has 2 aromatic carbocycles. The Morgan fingerprint density at radius 3 is 2.24 bits per heavy atom. The molecule has 0 bridgehead atoms. The Kier molecular flexibility index (Phi) is 5.37. The number of nitrogens with zero attached hydrogens (tertiary/aromatic N) is 1. The van der Waals surface area contributed by atoms with E-state index in [9.17, 15) is 13.2 Å². The van der Waals surface area contributed by atoms with Crippen LogP contribution in [0.1, 0.15) is 16.7 Å². The van der Waals surface area contributed by atoms with Crippen molar-refractivity contribution in [2.24, 2.45) is 0 Å². The highest BCUT2D eigenvalue weighted by molar-refractivity contribution is 7.92. The van der Waals surface area contributed by atoms with Crippen LogP contribution >= 0.6 is 0 Å². The summed E-state index contributed by atoms with van der Waals surface area (Å²) in [7, 11) is -1.07. The topological polar surface area (TPSA) is 83.9 Å². The molecule has 0 saturated carbocycles. The van der Waals surface area contributed by atoms with Gasteiger partial charge in [0.25, 0.3) is 10.0 Å². The molecule has 2 rings (SSSR count). The maximum Gasteiger partial charge on any atom is 0.307 e. The molecule has 0 unspecified atom stereocenters.